The fourth-order valence-corrected chi connectivity index (χ4v) is 5.14. The van der Waals surface area contributed by atoms with Crippen molar-refractivity contribution in [1.82, 2.24) is 19.3 Å². The molecule has 0 bridgehead atoms. The van der Waals surface area contributed by atoms with Crippen molar-refractivity contribution in [2.75, 3.05) is 18.4 Å². The van der Waals surface area contributed by atoms with Crippen LogP contribution in [-0.2, 0) is 10.0 Å². The molecule has 1 aliphatic rings. The molecule has 1 fully saturated rings. The molecule has 3 heterocycles. The van der Waals surface area contributed by atoms with Crippen LogP contribution in [0.15, 0.2) is 53.7 Å². The molecule has 0 amide bonds. The monoisotopic (exact) mass is 441 g/mol. The average molecular weight is 442 g/mol. The predicted molar refractivity (Wildman–Crippen MR) is 116 cm³/mol. The van der Waals surface area contributed by atoms with Gasteiger partial charge in [-0.3, -0.25) is 4.98 Å². The van der Waals surface area contributed by atoms with E-state index in [-0.39, 0.29) is 10.8 Å². The summed E-state index contributed by atoms with van der Waals surface area (Å²) in [7, 11) is -3.72. The van der Waals surface area contributed by atoms with Crippen LogP contribution in [0.25, 0.3) is 0 Å². The number of aryl methyl sites for hydroxylation is 2. The largest absolute Gasteiger partial charge is 0.324 e. The van der Waals surface area contributed by atoms with Gasteiger partial charge in [0.15, 0.2) is 0 Å². The molecule has 0 aliphatic carbocycles. The molecule has 0 atom stereocenters. The summed E-state index contributed by atoms with van der Waals surface area (Å²) in [6, 6.07) is 9.74. The van der Waals surface area contributed by atoms with Gasteiger partial charge in [-0.05, 0) is 56.5 Å². The van der Waals surface area contributed by atoms with Crippen molar-refractivity contribution in [1.29, 1.82) is 0 Å². The Morgan fingerprint density at radius 1 is 1.03 bits per heavy atom. The number of hydrogen-bond donors (Lipinski definition) is 1. The van der Waals surface area contributed by atoms with E-state index in [0.717, 1.165) is 17.5 Å². The van der Waals surface area contributed by atoms with Crippen LogP contribution in [0.1, 0.15) is 35.7 Å². The van der Waals surface area contributed by atoms with Gasteiger partial charge >= 0.3 is 0 Å². The van der Waals surface area contributed by atoms with Crippen LogP contribution in [0.5, 0.6) is 0 Å². The molecule has 7 nitrogen and oxygen atoms in total. The van der Waals surface area contributed by atoms with Crippen molar-refractivity contribution in [3.63, 3.8) is 0 Å². The van der Waals surface area contributed by atoms with E-state index >= 15 is 0 Å². The highest BCUT2D eigenvalue weighted by Gasteiger charge is 2.31. The Balaban J connectivity index is 1.44. The Hall–Kier alpha value is -2.91. The van der Waals surface area contributed by atoms with Gasteiger partial charge in [0.1, 0.15) is 17.5 Å². The maximum Gasteiger partial charge on any atom is 0.243 e. The molecule has 1 N–H and O–H groups in total. The lowest BCUT2D eigenvalue weighted by Crippen LogP contribution is -2.38. The smallest absolute Gasteiger partial charge is 0.243 e. The van der Waals surface area contributed by atoms with Crippen molar-refractivity contribution in [3.05, 3.63) is 71.6 Å². The third-order valence-electron chi connectivity index (χ3n) is 5.45. The van der Waals surface area contributed by atoms with Crippen LogP contribution in [0.2, 0.25) is 0 Å². The second-order valence-corrected chi connectivity index (χ2v) is 9.65. The number of anilines is 2. The molecule has 9 heteroatoms. The number of benzene rings is 1. The van der Waals surface area contributed by atoms with E-state index in [1.54, 1.807) is 19.3 Å². The van der Waals surface area contributed by atoms with E-state index in [9.17, 15) is 12.8 Å². The highest BCUT2D eigenvalue weighted by molar-refractivity contribution is 7.89. The summed E-state index contributed by atoms with van der Waals surface area (Å²) in [6.45, 7) is 4.22. The van der Waals surface area contributed by atoms with E-state index < -0.39 is 15.8 Å². The van der Waals surface area contributed by atoms with Crippen molar-refractivity contribution in [2.45, 2.75) is 37.5 Å². The van der Waals surface area contributed by atoms with Crippen LogP contribution in [0, 0.1) is 19.7 Å². The zero-order valence-corrected chi connectivity index (χ0v) is 18.2. The lowest BCUT2D eigenvalue weighted by molar-refractivity contribution is 0.316. The van der Waals surface area contributed by atoms with Crippen molar-refractivity contribution >= 4 is 21.7 Å². The molecule has 2 aromatic heterocycles. The van der Waals surface area contributed by atoms with Gasteiger partial charge in [-0.1, -0.05) is 12.1 Å². The number of rotatable bonds is 5. The summed E-state index contributed by atoms with van der Waals surface area (Å²) in [4.78, 5) is 13.3. The second-order valence-electron chi connectivity index (χ2n) is 7.71. The fraction of sp³-hybridized carbons (Fsp3) is 0.318. The van der Waals surface area contributed by atoms with E-state index in [1.807, 2.05) is 25.1 Å². The average Bonchev–Trinajstić information content (AvgIpc) is 2.76. The minimum atomic E-state index is -3.72. The highest BCUT2D eigenvalue weighted by Crippen LogP contribution is 2.30. The first-order chi connectivity index (χ1) is 14.8. The Kier molecular flexibility index (Phi) is 5.97. The van der Waals surface area contributed by atoms with Gasteiger partial charge in [-0.2, -0.15) is 4.31 Å². The van der Waals surface area contributed by atoms with Gasteiger partial charge in [-0.25, -0.2) is 22.8 Å². The quantitative estimate of drug-likeness (QED) is 0.645. The Labute approximate surface area is 181 Å². The number of halogens is 1. The normalized spacial score (nSPS) is 15.7. The Morgan fingerprint density at radius 2 is 1.81 bits per heavy atom. The van der Waals surface area contributed by atoms with Gasteiger partial charge in [-0.15, -0.1) is 0 Å². The van der Waals surface area contributed by atoms with E-state index in [0.29, 0.717) is 43.1 Å². The van der Waals surface area contributed by atoms with Crippen molar-refractivity contribution in [3.8, 4) is 0 Å². The molecule has 0 saturated carbocycles. The van der Waals surface area contributed by atoms with Crippen LogP contribution in [-0.4, -0.2) is 40.8 Å². The molecule has 3 aromatic rings. The molecular formula is C22H24FN5O2S. The fourth-order valence-electron chi connectivity index (χ4n) is 3.66. The summed E-state index contributed by atoms with van der Waals surface area (Å²) < 4.78 is 41.1. The lowest BCUT2D eigenvalue weighted by Gasteiger charge is -2.31. The van der Waals surface area contributed by atoms with Crippen molar-refractivity contribution < 1.29 is 12.8 Å². The maximum atomic E-state index is 13.9. The SMILES string of the molecule is Cc1cccc(Nc2cncc(C3CCN(S(=O)(=O)c4ccc(C)c(F)c4)CC3)n2)n1. The van der Waals surface area contributed by atoms with Crippen LogP contribution in [0.4, 0.5) is 16.0 Å². The third-order valence-corrected chi connectivity index (χ3v) is 7.35. The van der Waals surface area contributed by atoms with E-state index in [1.165, 1.54) is 16.4 Å². The minimum absolute atomic E-state index is 0.00862. The minimum Gasteiger partial charge on any atom is -0.324 e. The van der Waals surface area contributed by atoms with Crippen molar-refractivity contribution in [2.24, 2.45) is 0 Å². The Morgan fingerprint density at radius 3 is 2.52 bits per heavy atom. The molecule has 1 aromatic carbocycles. The number of nitrogens with one attached hydrogen (secondary N) is 1. The van der Waals surface area contributed by atoms with Gasteiger partial charge in [0.05, 0.1) is 16.8 Å². The number of pyridine rings is 1. The molecule has 31 heavy (non-hydrogen) atoms. The highest BCUT2D eigenvalue weighted by atomic mass is 32.2. The molecule has 162 valence electrons. The molecule has 0 unspecified atom stereocenters. The van der Waals surface area contributed by atoms with Gasteiger partial charge in [0.25, 0.3) is 0 Å². The van der Waals surface area contributed by atoms with E-state index in [2.05, 4.69) is 20.3 Å². The number of aromatic nitrogens is 3. The van der Waals surface area contributed by atoms with Gasteiger partial charge in [0.2, 0.25) is 10.0 Å². The lowest BCUT2D eigenvalue weighted by atomic mass is 9.95. The molecule has 4 rings (SSSR count). The number of piperidine rings is 1. The zero-order valence-electron chi connectivity index (χ0n) is 17.4. The molecule has 1 saturated heterocycles. The van der Waals surface area contributed by atoms with E-state index in [4.69, 9.17) is 0 Å². The first-order valence-corrected chi connectivity index (χ1v) is 11.6. The molecular weight excluding hydrogens is 417 g/mol. The summed E-state index contributed by atoms with van der Waals surface area (Å²) in [5.41, 5.74) is 2.14. The topological polar surface area (TPSA) is 88.1 Å². The zero-order chi connectivity index (χ0) is 22.0. The summed E-state index contributed by atoms with van der Waals surface area (Å²) in [5.74, 6) is 0.873. The predicted octanol–water partition coefficient (Wildman–Crippen LogP) is 3.94. The molecule has 0 radical (unpaired) electrons. The van der Waals surface area contributed by atoms with Crippen LogP contribution < -0.4 is 5.32 Å². The van der Waals surface area contributed by atoms with Gasteiger partial charge < -0.3 is 5.32 Å². The van der Waals surface area contributed by atoms with Crippen LogP contribution in [0.3, 0.4) is 0 Å². The Bertz CT molecular complexity index is 1190. The molecule has 0 spiro atoms. The first-order valence-electron chi connectivity index (χ1n) is 10.1. The summed E-state index contributed by atoms with van der Waals surface area (Å²) >= 11 is 0. The number of sulfonamides is 1. The third kappa shape index (κ3) is 4.72. The van der Waals surface area contributed by atoms with Crippen LogP contribution >= 0.6 is 0 Å². The number of nitrogens with zero attached hydrogens (tertiary/aromatic N) is 4. The summed E-state index contributed by atoms with van der Waals surface area (Å²) in [6.07, 6.45) is 4.60. The second kappa shape index (κ2) is 8.68. The standard InChI is InChI=1S/C22H24FN5O2S/c1-15-6-7-18(12-19(15)23)31(29,30)28-10-8-17(9-11-28)20-13-24-14-22(26-20)27-21-5-3-4-16(2)25-21/h3-7,12-14,17H,8-11H2,1-2H3,(H,25,26,27). The molecule has 1 aliphatic heterocycles. The summed E-state index contributed by atoms with van der Waals surface area (Å²) in [5, 5.41) is 3.16. The van der Waals surface area contributed by atoms with Gasteiger partial charge in [0, 0.05) is 30.9 Å². The number of hydrogen-bond acceptors (Lipinski definition) is 6. The first kappa shape index (κ1) is 21.3. The maximum absolute atomic E-state index is 13.9.